The van der Waals surface area contributed by atoms with Crippen LogP contribution in [0.15, 0.2) is 0 Å². The van der Waals surface area contributed by atoms with Gasteiger partial charge in [-0.15, -0.1) is 0 Å². The van der Waals surface area contributed by atoms with Crippen molar-refractivity contribution >= 4 is 5.91 Å². The van der Waals surface area contributed by atoms with E-state index in [-0.39, 0.29) is 18.1 Å². The summed E-state index contributed by atoms with van der Waals surface area (Å²) in [7, 11) is 1.74. The summed E-state index contributed by atoms with van der Waals surface area (Å²) in [5.74, 6) is 0.481. The molecule has 0 aromatic heterocycles. The van der Waals surface area contributed by atoms with E-state index in [4.69, 9.17) is 10.5 Å². The van der Waals surface area contributed by atoms with Crippen LogP contribution in [0.5, 0.6) is 0 Å². The molecule has 112 valence electrons. The zero-order valence-corrected chi connectivity index (χ0v) is 12.7. The first-order chi connectivity index (χ1) is 9.17. The summed E-state index contributed by atoms with van der Waals surface area (Å²) in [5.41, 5.74) is 5.84. The van der Waals surface area contributed by atoms with Gasteiger partial charge in [0, 0.05) is 32.2 Å². The number of methoxy groups -OCH3 is 1. The van der Waals surface area contributed by atoms with Gasteiger partial charge in [0.15, 0.2) is 0 Å². The monoisotopic (exact) mass is 270 g/mol. The molecular weight excluding hydrogens is 240 g/mol. The van der Waals surface area contributed by atoms with Gasteiger partial charge in [-0.25, -0.2) is 0 Å². The van der Waals surface area contributed by atoms with Gasteiger partial charge < -0.3 is 15.4 Å². The van der Waals surface area contributed by atoms with Crippen LogP contribution in [0.25, 0.3) is 0 Å². The largest absolute Gasteiger partial charge is 0.381 e. The Morgan fingerprint density at radius 3 is 2.74 bits per heavy atom. The molecule has 1 aliphatic rings. The SMILES string of the molecule is CCCCC(CC)C(=O)N1CCC(OC)CC1CN. The third-order valence-electron chi connectivity index (χ3n) is 4.30. The highest BCUT2D eigenvalue weighted by molar-refractivity contribution is 5.79. The minimum Gasteiger partial charge on any atom is -0.381 e. The number of amides is 1. The fraction of sp³-hybridized carbons (Fsp3) is 0.933. The van der Waals surface area contributed by atoms with Crippen molar-refractivity contribution in [3.63, 3.8) is 0 Å². The second-order valence-corrected chi connectivity index (χ2v) is 5.55. The van der Waals surface area contributed by atoms with E-state index < -0.39 is 0 Å². The Morgan fingerprint density at radius 2 is 2.21 bits per heavy atom. The third-order valence-corrected chi connectivity index (χ3v) is 4.30. The van der Waals surface area contributed by atoms with E-state index in [1.165, 1.54) is 0 Å². The molecule has 0 radical (unpaired) electrons. The van der Waals surface area contributed by atoms with Gasteiger partial charge >= 0.3 is 0 Å². The molecule has 1 aliphatic heterocycles. The normalized spacial score (nSPS) is 25.4. The second-order valence-electron chi connectivity index (χ2n) is 5.55. The molecule has 1 amide bonds. The number of ether oxygens (including phenoxy) is 1. The predicted molar refractivity (Wildman–Crippen MR) is 77.9 cm³/mol. The van der Waals surface area contributed by atoms with E-state index in [1.54, 1.807) is 7.11 Å². The first-order valence-corrected chi connectivity index (χ1v) is 7.71. The van der Waals surface area contributed by atoms with Gasteiger partial charge in [-0.2, -0.15) is 0 Å². The molecular formula is C15H30N2O2. The lowest BCUT2D eigenvalue weighted by molar-refractivity contribution is -0.141. The Bertz CT molecular complexity index is 271. The molecule has 0 aliphatic carbocycles. The van der Waals surface area contributed by atoms with Crippen molar-refractivity contribution in [1.29, 1.82) is 0 Å². The Kier molecular flexibility index (Phi) is 7.39. The maximum atomic E-state index is 12.6. The molecule has 4 nitrogen and oxygen atoms in total. The molecule has 0 aromatic rings. The first kappa shape index (κ1) is 16.4. The van der Waals surface area contributed by atoms with Gasteiger partial charge in [-0.1, -0.05) is 26.7 Å². The molecule has 0 spiro atoms. The van der Waals surface area contributed by atoms with Gasteiger partial charge in [0.05, 0.1) is 6.10 Å². The molecule has 0 aromatic carbocycles. The summed E-state index contributed by atoms with van der Waals surface area (Å²) < 4.78 is 5.41. The molecule has 1 fully saturated rings. The molecule has 0 bridgehead atoms. The topological polar surface area (TPSA) is 55.6 Å². The summed E-state index contributed by atoms with van der Waals surface area (Å²) in [6, 6.07) is 0.155. The lowest BCUT2D eigenvalue weighted by atomic mass is 9.93. The number of hydrogen-bond donors (Lipinski definition) is 1. The Morgan fingerprint density at radius 1 is 1.47 bits per heavy atom. The van der Waals surface area contributed by atoms with E-state index >= 15 is 0 Å². The molecule has 4 heteroatoms. The van der Waals surface area contributed by atoms with Gasteiger partial charge in [-0.05, 0) is 25.7 Å². The Labute approximate surface area is 117 Å². The summed E-state index contributed by atoms with van der Waals surface area (Å²) >= 11 is 0. The first-order valence-electron chi connectivity index (χ1n) is 7.71. The van der Waals surface area contributed by atoms with Crippen molar-refractivity contribution in [1.82, 2.24) is 4.90 Å². The zero-order valence-electron chi connectivity index (χ0n) is 12.7. The van der Waals surface area contributed by atoms with Crippen LogP contribution in [0.4, 0.5) is 0 Å². The quantitative estimate of drug-likeness (QED) is 0.771. The van der Waals surface area contributed by atoms with Crippen LogP contribution in [-0.4, -0.2) is 43.2 Å². The number of hydrogen-bond acceptors (Lipinski definition) is 3. The summed E-state index contributed by atoms with van der Waals surface area (Å²) in [6.45, 7) is 5.61. The number of likely N-dealkylation sites (tertiary alicyclic amines) is 1. The fourth-order valence-electron chi connectivity index (χ4n) is 2.93. The van der Waals surface area contributed by atoms with Crippen molar-refractivity contribution in [3.05, 3.63) is 0 Å². The Balaban J connectivity index is 2.62. The average molecular weight is 270 g/mol. The summed E-state index contributed by atoms with van der Waals surface area (Å²) in [5, 5.41) is 0. The molecule has 3 unspecified atom stereocenters. The van der Waals surface area contributed by atoms with Crippen molar-refractivity contribution in [2.75, 3.05) is 20.2 Å². The van der Waals surface area contributed by atoms with Gasteiger partial charge in [0.25, 0.3) is 0 Å². The zero-order chi connectivity index (χ0) is 14.3. The highest BCUT2D eigenvalue weighted by atomic mass is 16.5. The lowest BCUT2D eigenvalue weighted by Gasteiger charge is -2.40. The van der Waals surface area contributed by atoms with Crippen LogP contribution in [0, 0.1) is 5.92 Å². The lowest BCUT2D eigenvalue weighted by Crippen LogP contribution is -2.52. The van der Waals surface area contributed by atoms with Crippen LogP contribution in [-0.2, 0) is 9.53 Å². The second kappa shape index (κ2) is 8.54. The summed E-state index contributed by atoms with van der Waals surface area (Å²) in [6.07, 6.45) is 6.29. The van der Waals surface area contributed by atoms with Crippen LogP contribution < -0.4 is 5.73 Å². The Hall–Kier alpha value is -0.610. The number of carbonyl (C=O) groups excluding carboxylic acids is 1. The predicted octanol–water partition coefficient (Wildman–Crippen LogP) is 2.17. The van der Waals surface area contributed by atoms with E-state index in [1.807, 2.05) is 4.90 Å². The number of carbonyl (C=O) groups is 1. The molecule has 2 N–H and O–H groups in total. The van der Waals surface area contributed by atoms with Gasteiger partial charge in [0.1, 0.15) is 0 Å². The van der Waals surface area contributed by atoms with Crippen LogP contribution in [0.2, 0.25) is 0 Å². The summed E-state index contributed by atoms with van der Waals surface area (Å²) in [4.78, 5) is 14.6. The van der Waals surface area contributed by atoms with Crippen molar-refractivity contribution < 1.29 is 9.53 Å². The number of rotatable bonds is 7. The highest BCUT2D eigenvalue weighted by Crippen LogP contribution is 2.24. The van der Waals surface area contributed by atoms with Crippen molar-refractivity contribution in [3.8, 4) is 0 Å². The smallest absolute Gasteiger partial charge is 0.225 e. The maximum absolute atomic E-state index is 12.6. The highest BCUT2D eigenvalue weighted by Gasteiger charge is 2.33. The fourth-order valence-corrected chi connectivity index (χ4v) is 2.93. The third kappa shape index (κ3) is 4.46. The van der Waals surface area contributed by atoms with Crippen LogP contribution in [0.1, 0.15) is 52.4 Å². The van der Waals surface area contributed by atoms with Crippen LogP contribution >= 0.6 is 0 Å². The molecule has 0 saturated carbocycles. The number of piperidine rings is 1. The number of unbranched alkanes of at least 4 members (excludes halogenated alkanes) is 1. The van der Waals surface area contributed by atoms with E-state index in [9.17, 15) is 4.79 Å². The number of nitrogens with zero attached hydrogens (tertiary/aromatic N) is 1. The molecule has 1 rings (SSSR count). The molecule has 19 heavy (non-hydrogen) atoms. The maximum Gasteiger partial charge on any atom is 0.225 e. The van der Waals surface area contributed by atoms with E-state index in [0.29, 0.717) is 12.5 Å². The van der Waals surface area contributed by atoms with E-state index in [2.05, 4.69) is 13.8 Å². The minimum absolute atomic E-state index is 0.155. The average Bonchev–Trinajstić information content (AvgIpc) is 2.46. The van der Waals surface area contributed by atoms with E-state index in [0.717, 1.165) is 45.1 Å². The van der Waals surface area contributed by atoms with Crippen molar-refractivity contribution in [2.24, 2.45) is 11.7 Å². The molecule has 1 saturated heterocycles. The standard InChI is InChI=1S/C15H30N2O2/c1-4-6-7-12(5-2)15(18)17-9-8-14(19-3)10-13(17)11-16/h12-14H,4-11,16H2,1-3H3. The van der Waals surface area contributed by atoms with Crippen LogP contribution in [0.3, 0.4) is 0 Å². The minimum atomic E-state index is 0.155. The van der Waals surface area contributed by atoms with Gasteiger partial charge in [0.2, 0.25) is 5.91 Å². The molecule has 3 atom stereocenters. The van der Waals surface area contributed by atoms with Crippen molar-refractivity contribution in [2.45, 2.75) is 64.5 Å². The number of nitrogens with two attached hydrogens (primary N) is 1. The molecule has 1 heterocycles. The van der Waals surface area contributed by atoms with Gasteiger partial charge in [-0.3, -0.25) is 4.79 Å².